The van der Waals surface area contributed by atoms with Gasteiger partial charge >= 0.3 is 0 Å². The lowest BCUT2D eigenvalue weighted by Gasteiger charge is -2.09. The summed E-state index contributed by atoms with van der Waals surface area (Å²) in [5.41, 5.74) is 7.33. The smallest absolute Gasteiger partial charge is 0.159 e. The second kappa shape index (κ2) is 4.40. The molecule has 0 bridgehead atoms. The van der Waals surface area contributed by atoms with E-state index in [1.165, 1.54) is 0 Å². The van der Waals surface area contributed by atoms with E-state index in [0.717, 1.165) is 29.5 Å². The highest BCUT2D eigenvalue weighted by Crippen LogP contribution is 2.11. The minimum absolute atomic E-state index is 0.579. The van der Waals surface area contributed by atoms with E-state index >= 15 is 0 Å². The van der Waals surface area contributed by atoms with E-state index in [9.17, 15) is 0 Å². The van der Waals surface area contributed by atoms with E-state index in [0.29, 0.717) is 6.54 Å². The monoisotopic (exact) mass is 217 g/mol. The second-order valence-electron chi connectivity index (χ2n) is 3.67. The Morgan fingerprint density at radius 3 is 2.88 bits per heavy atom. The molecule has 0 fully saturated rings. The van der Waals surface area contributed by atoms with E-state index in [1.54, 1.807) is 12.4 Å². The number of nitrogens with zero attached hydrogens (tertiary/aromatic N) is 4. The van der Waals surface area contributed by atoms with Gasteiger partial charge in [0.05, 0.1) is 11.4 Å². The van der Waals surface area contributed by atoms with Crippen LogP contribution in [0.15, 0.2) is 18.6 Å². The molecule has 0 spiro atoms. The lowest BCUT2D eigenvalue weighted by molar-refractivity contribution is 0.807. The summed E-state index contributed by atoms with van der Waals surface area (Å²) in [5, 5.41) is 0. The molecule has 0 aliphatic carbocycles. The van der Waals surface area contributed by atoms with Crippen LogP contribution in [0.3, 0.4) is 0 Å². The summed E-state index contributed by atoms with van der Waals surface area (Å²) in [5.74, 6) is 1.76. The summed E-state index contributed by atoms with van der Waals surface area (Å²) in [6.45, 7) is 4.44. The third-order valence-corrected chi connectivity index (χ3v) is 2.36. The van der Waals surface area contributed by atoms with Gasteiger partial charge < -0.3 is 5.73 Å². The predicted molar refractivity (Wildman–Crippen MR) is 61.4 cm³/mol. The van der Waals surface area contributed by atoms with Gasteiger partial charge in [0.25, 0.3) is 0 Å². The Morgan fingerprint density at radius 1 is 1.31 bits per heavy atom. The maximum atomic E-state index is 5.55. The zero-order valence-corrected chi connectivity index (χ0v) is 9.51. The number of aryl methyl sites for hydroxylation is 2. The summed E-state index contributed by atoms with van der Waals surface area (Å²) >= 11 is 0. The highest BCUT2D eigenvalue weighted by atomic mass is 15.1. The fourth-order valence-electron chi connectivity index (χ4n) is 1.59. The molecule has 0 aliphatic rings. The molecule has 0 aromatic carbocycles. The average Bonchev–Trinajstić information content (AvgIpc) is 2.70. The van der Waals surface area contributed by atoms with Crippen molar-refractivity contribution in [2.24, 2.45) is 5.73 Å². The quantitative estimate of drug-likeness (QED) is 0.824. The van der Waals surface area contributed by atoms with Crippen molar-refractivity contribution >= 4 is 0 Å². The number of rotatable bonds is 3. The highest BCUT2D eigenvalue weighted by molar-refractivity contribution is 5.30. The van der Waals surface area contributed by atoms with Gasteiger partial charge in [0, 0.05) is 25.0 Å². The summed E-state index contributed by atoms with van der Waals surface area (Å²) in [6.07, 6.45) is 6.15. The molecule has 5 nitrogen and oxygen atoms in total. The molecular weight excluding hydrogens is 202 g/mol. The molecule has 0 atom stereocenters. The largest absolute Gasteiger partial charge is 0.330 e. The maximum absolute atomic E-state index is 5.55. The van der Waals surface area contributed by atoms with Gasteiger partial charge in [-0.15, -0.1) is 0 Å². The van der Waals surface area contributed by atoms with Crippen molar-refractivity contribution in [1.29, 1.82) is 0 Å². The topological polar surface area (TPSA) is 69.6 Å². The third-order valence-electron chi connectivity index (χ3n) is 2.36. The summed E-state index contributed by atoms with van der Waals surface area (Å²) < 4.78 is 1.95. The molecule has 5 heteroatoms. The van der Waals surface area contributed by atoms with Crippen molar-refractivity contribution in [1.82, 2.24) is 19.5 Å². The van der Waals surface area contributed by atoms with Crippen LogP contribution >= 0.6 is 0 Å². The molecule has 2 aromatic heterocycles. The Morgan fingerprint density at radius 2 is 2.12 bits per heavy atom. The Balaban J connectivity index is 2.49. The van der Waals surface area contributed by atoms with Crippen LogP contribution in [0.1, 0.15) is 17.2 Å². The van der Waals surface area contributed by atoms with Gasteiger partial charge in [-0.2, -0.15) is 0 Å². The first kappa shape index (κ1) is 10.8. The Bertz CT molecular complexity index is 489. The molecule has 16 heavy (non-hydrogen) atoms. The zero-order valence-electron chi connectivity index (χ0n) is 9.51. The Kier molecular flexibility index (Phi) is 2.96. The van der Waals surface area contributed by atoms with Crippen molar-refractivity contribution < 1.29 is 0 Å². The lowest BCUT2D eigenvalue weighted by Crippen LogP contribution is -2.11. The Hall–Kier alpha value is -1.75. The molecule has 0 aliphatic heterocycles. The van der Waals surface area contributed by atoms with Crippen molar-refractivity contribution in [2.75, 3.05) is 6.54 Å². The number of nitrogens with two attached hydrogens (primary N) is 1. The molecular formula is C11H15N5. The first-order chi connectivity index (χ1) is 7.72. The predicted octanol–water partition coefficient (Wildman–Crippen LogP) is 0.780. The SMILES string of the molecule is Cc1cnc(C)c(-n2ccnc2CCN)n1. The van der Waals surface area contributed by atoms with Crippen LogP contribution in [0.2, 0.25) is 0 Å². The van der Waals surface area contributed by atoms with Crippen molar-refractivity contribution in [3.05, 3.63) is 35.8 Å². The third kappa shape index (κ3) is 1.94. The summed E-state index contributed by atoms with van der Waals surface area (Å²) in [6, 6.07) is 0. The highest BCUT2D eigenvalue weighted by Gasteiger charge is 2.09. The van der Waals surface area contributed by atoms with Crippen LogP contribution in [0.25, 0.3) is 5.82 Å². The minimum Gasteiger partial charge on any atom is -0.330 e. The zero-order chi connectivity index (χ0) is 11.5. The van der Waals surface area contributed by atoms with Gasteiger partial charge in [0.15, 0.2) is 5.82 Å². The van der Waals surface area contributed by atoms with Gasteiger partial charge in [0.1, 0.15) is 5.82 Å². The molecule has 0 radical (unpaired) electrons. The molecule has 0 unspecified atom stereocenters. The number of aromatic nitrogens is 4. The minimum atomic E-state index is 0.579. The van der Waals surface area contributed by atoms with Crippen LogP contribution in [0.4, 0.5) is 0 Å². The van der Waals surface area contributed by atoms with Crippen LogP contribution < -0.4 is 5.73 Å². The second-order valence-corrected chi connectivity index (χ2v) is 3.67. The van der Waals surface area contributed by atoms with Crippen molar-refractivity contribution in [3.8, 4) is 5.82 Å². The lowest BCUT2D eigenvalue weighted by atomic mass is 10.3. The van der Waals surface area contributed by atoms with Gasteiger partial charge in [0.2, 0.25) is 0 Å². The number of hydrogen-bond donors (Lipinski definition) is 1. The van der Waals surface area contributed by atoms with Crippen LogP contribution in [0.5, 0.6) is 0 Å². The molecule has 2 rings (SSSR count). The maximum Gasteiger partial charge on any atom is 0.159 e. The van der Waals surface area contributed by atoms with Gasteiger partial charge in [-0.3, -0.25) is 9.55 Å². The number of imidazole rings is 1. The van der Waals surface area contributed by atoms with E-state index in [4.69, 9.17) is 5.73 Å². The molecule has 2 N–H and O–H groups in total. The summed E-state index contributed by atoms with van der Waals surface area (Å²) in [4.78, 5) is 13.0. The first-order valence-electron chi connectivity index (χ1n) is 5.25. The van der Waals surface area contributed by atoms with Gasteiger partial charge in [-0.1, -0.05) is 0 Å². The molecule has 84 valence electrons. The Labute approximate surface area is 94.4 Å². The van der Waals surface area contributed by atoms with Crippen LogP contribution in [-0.4, -0.2) is 26.1 Å². The van der Waals surface area contributed by atoms with Crippen LogP contribution in [0, 0.1) is 13.8 Å². The molecule has 2 aromatic rings. The van der Waals surface area contributed by atoms with E-state index in [1.807, 2.05) is 24.6 Å². The molecule has 0 saturated carbocycles. The van der Waals surface area contributed by atoms with Gasteiger partial charge in [-0.05, 0) is 20.4 Å². The molecule has 0 saturated heterocycles. The van der Waals surface area contributed by atoms with Crippen molar-refractivity contribution in [2.45, 2.75) is 20.3 Å². The fraction of sp³-hybridized carbons (Fsp3) is 0.364. The average molecular weight is 217 g/mol. The normalized spacial score (nSPS) is 10.7. The fourth-order valence-corrected chi connectivity index (χ4v) is 1.59. The standard InChI is InChI=1S/C11H15N5/c1-8-7-14-9(2)11(15-8)16-6-5-13-10(16)3-4-12/h5-7H,3-4,12H2,1-2H3. The summed E-state index contributed by atoms with van der Waals surface area (Å²) in [7, 11) is 0. The number of hydrogen-bond acceptors (Lipinski definition) is 4. The van der Waals surface area contributed by atoms with E-state index in [2.05, 4.69) is 15.0 Å². The van der Waals surface area contributed by atoms with Gasteiger partial charge in [-0.25, -0.2) is 9.97 Å². The molecule has 0 amide bonds. The molecule has 2 heterocycles. The van der Waals surface area contributed by atoms with E-state index < -0.39 is 0 Å². The van der Waals surface area contributed by atoms with Crippen LogP contribution in [-0.2, 0) is 6.42 Å². The van der Waals surface area contributed by atoms with Crippen molar-refractivity contribution in [3.63, 3.8) is 0 Å². The van der Waals surface area contributed by atoms with E-state index in [-0.39, 0.29) is 0 Å². The first-order valence-corrected chi connectivity index (χ1v) is 5.25.